The van der Waals surface area contributed by atoms with Crippen LogP contribution in [0.15, 0.2) is 12.2 Å². The number of aliphatic carboxylic acids is 1. The van der Waals surface area contributed by atoms with Gasteiger partial charge < -0.3 is 10.2 Å². The monoisotopic (exact) mass is 499 g/mol. The minimum atomic E-state index is -0.689. The maximum absolute atomic E-state index is 10.3. The van der Waals surface area contributed by atoms with Crippen LogP contribution in [0.4, 0.5) is 0 Å². The summed E-state index contributed by atoms with van der Waals surface area (Å²) in [4.78, 5) is 10.3. The van der Waals surface area contributed by atoms with Crippen molar-refractivity contribution >= 4 is 5.97 Å². The predicted molar refractivity (Wildman–Crippen MR) is 90.2 cm³/mol. The van der Waals surface area contributed by atoms with E-state index in [2.05, 4.69) is 19.1 Å². The molecule has 0 saturated heterocycles. The third kappa shape index (κ3) is 27.6. The number of hydrogen-bond donors (Lipinski definition) is 2. The minimum absolute atomic E-state index is 0. The number of unbranched alkanes of at least 4 members (excludes halogenated alkanes) is 8. The zero-order valence-corrected chi connectivity index (χ0v) is 20.4. The summed E-state index contributed by atoms with van der Waals surface area (Å²) in [6.45, 7) is 2.20. The SMILES string of the molecule is CCCCCC[C@@H](O)C/C=C\CCCCCCCC(=O)O.[La].[N]#[Ti]. The summed E-state index contributed by atoms with van der Waals surface area (Å²) in [5.74, 6) is -0.689. The van der Waals surface area contributed by atoms with Crippen LogP contribution >= 0.6 is 0 Å². The molecule has 0 amide bonds. The fraction of sp³-hybridized carbons (Fsp3) is 0.833. The number of aliphatic hydroxyl groups excluding tert-OH is 1. The molecule has 0 rings (SSSR count). The van der Waals surface area contributed by atoms with Gasteiger partial charge in [-0.1, -0.05) is 64.0 Å². The fourth-order valence-electron chi connectivity index (χ4n) is 2.36. The van der Waals surface area contributed by atoms with Gasteiger partial charge in [0.15, 0.2) is 0 Å². The van der Waals surface area contributed by atoms with E-state index >= 15 is 0 Å². The second kappa shape index (κ2) is 26.0. The normalized spacial score (nSPS) is 11.5. The summed E-state index contributed by atoms with van der Waals surface area (Å²) in [6, 6.07) is 0. The molecule has 1 radical (unpaired) electrons. The van der Waals surface area contributed by atoms with Crippen molar-refractivity contribution in [2.45, 2.75) is 96.5 Å². The quantitative estimate of drug-likeness (QED) is 0.187. The van der Waals surface area contributed by atoms with Gasteiger partial charge in [-0.15, -0.1) is 0 Å². The Bertz CT molecular complexity index is 312. The van der Waals surface area contributed by atoms with Crippen molar-refractivity contribution in [1.82, 2.24) is 0 Å². The molecular weight excluding hydrogens is 465 g/mol. The van der Waals surface area contributed by atoms with Gasteiger partial charge in [-0.2, -0.15) is 0 Å². The molecule has 24 heavy (non-hydrogen) atoms. The van der Waals surface area contributed by atoms with Crippen LogP contribution in [0.5, 0.6) is 0 Å². The molecule has 1 atom stereocenters. The van der Waals surface area contributed by atoms with E-state index in [0.29, 0.717) is 6.42 Å². The molecule has 136 valence electrons. The van der Waals surface area contributed by atoms with Crippen LogP contribution in [0, 0.1) is 39.2 Å². The molecule has 0 aromatic heterocycles. The summed E-state index contributed by atoms with van der Waals surface area (Å²) in [5.41, 5.74) is 0. The topological polar surface area (TPSA) is 81.3 Å². The predicted octanol–water partition coefficient (Wildman–Crippen LogP) is 5.09. The van der Waals surface area contributed by atoms with Crippen LogP contribution in [0.3, 0.4) is 0 Å². The number of carboxylic acid groups (broad SMARTS) is 1. The van der Waals surface area contributed by atoms with Crippen molar-refractivity contribution in [3.05, 3.63) is 12.2 Å². The summed E-state index contributed by atoms with van der Waals surface area (Å²) in [5, 5.41) is 18.3. The molecule has 0 aliphatic heterocycles. The molecule has 6 heteroatoms. The second-order valence-electron chi connectivity index (χ2n) is 5.91. The van der Waals surface area contributed by atoms with E-state index in [1.165, 1.54) is 25.7 Å². The van der Waals surface area contributed by atoms with Gasteiger partial charge in [0.25, 0.3) is 0 Å². The Morgan fingerprint density at radius 3 is 2.21 bits per heavy atom. The van der Waals surface area contributed by atoms with Gasteiger partial charge in [0.05, 0.1) is 6.10 Å². The van der Waals surface area contributed by atoms with Gasteiger partial charge in [-0.3, -0.25) is 4.79 Å². The molecule has 0 aliphatic carbocycles. The Labute approximate surface area is 187 Å². The van der Waals surface area contributed by atoms with E-state index in [4.69, 9.17) is 8.76 Å². The number of carbonyl (C=O) groups is 1. The first-order chi connectivity index (χ1) is 11.2. The van der Waals surface area contributed by atoms with E-state index in [0.717, 1.165) is 71.4 Å². The molecule has 2 N–H and O–H groups in total. The van der Waals surface area contributed by atoms with E-state index in [1.807, 2.05) is 0 Å². The summed E-state index contributed by atoms with van der Waals surface area (Å²) >= 11 is 1.00. The number of rotatable bonds is 15. The molecule has 0 aromatic rings. The second-order valence-corrected chi connectivity index (χ2v) is 5.91. The van der Waals surface area contributed by atoms with E-state index < -0.39 is 5.97 Å². The van der Waals surface area contributed by atoms with Crippen molar-refractivity contribution in [2.75, 3.05) is 0 Å². The fourth-order valence-corrected chi connectivity index (χ4v) is 2.36. The Hall–Kier alpha value is 0.789. The van der Waals surface area contributed by atoms with E-state index in [9.17, 15) is 9.90 Å². The van der Waals surface area contributed by atoms with Gasteiger partial charge in [-0.05, 0) is 32.1 Å². The molecule has 0 fully saturated rings. The van der Waals surface area contributed by atoms with E-state index in [-0.39, 0.29) is 41.7 Å². The standard InChI is InChI=1S/C18H34O3.La.N.Ti/c1-2-3-4-11-14-17(19)15-12-9-7-5-6-8-10-13-16-18(20)21;;;/h9,12,17,19H,2-8,10-11,13-16H2,1H3,(H,20,21);;;/b12-9-;;;/t17-;;;/m1.../s1. The Balaban J connectivity index is -0.00000141. The van der Waals surface area contributed by atoms with Crippen LogP contribution in [0.1, 0.15) is 90.4 Å². The average molecular weight is 499 g/mol. The maximum atomic E-state index is 10.3. The Morgan fingerprint density at radius 2 is 1.58 bits per heavy atom. The van der Waals surface area contributed by atoms with Gasteiger partial charge in [0.2, 0.25) is 0 Å². The summed E-state index contributed by atoms with van der Waals surface area (Å²) < 4.78 is 7.00. The van der Waals surface area contributed by atoms with Crippen LogP contribution in [-0.4, -0.2) is 22.3 Å². The van der Waals surface area contributed by atoms with Gasteiger partial charge in [0.1, 0.15) is 0 Å². The molecule has 0 spiro atoms. The molecule has 0 heterocycles. The molecule has 0 aromatic carbocycles. The van der Waals surface area contributed by atoms with Gasteiger partial charge in [-0.25, -0.2) is 0 Å². The number of aliphatic hydroxyl groups is 1. The molecule has 0 saturated carbocycles. The number of allylic oxidation sites excluding steroid dienone is 1. The van der Waals surface area contributed by atoms with Crippen molar-refractivity contribution in [1.29, 1.82) is 3.65 Å². The molecule has 0 bridgehead atoms. The van der Waals surface area contributed by atoms with Crippen LogP contribution in [0.25, 0.3) is 0 Å². The van der Waals surface area contributed by atoms with Crippen LogP contribution in [-0.2, 0) is 24.9 Å². The van der Waals surface area contributed by atoms with Crippen molar-refractivity contribution < 1.29 is 70.7 Å². The first-order valence-corrected chi connectivity index (χ1v) is 9.63. The molecule has 4 nitrogen and oxygen atoms in total. The van der Waals surface area contributed by atoms with Gasteiger partial charge in [0, 0.05) is 42.0 Å². The first kappa shape index (κ1) is 29.5. The molecular formula is C18H34LaNO3Ti. The average Bonchev–Trinajstić information content (AvgIpc) is 2.55. The molecule has 0 unspecified atom stereocenters. The van der Waals surface area contributed by atoms with Gasteiger partial charge >= 0.3 is 29.7 Å². The first-order valence-electron chi connectivity index (χ1n) is 8.94. The summed E-state index contributed by atoms with van der Waals surface area (Å²) in [7, 11) is 0. The van der Waals surface area contributed by atoms with Crippen molar-refractivity contribution in [3.8, 4) is 0 Å². The zero-order chi connectivity index (χ0) is 17.8. The zero-order valence-electron chi connectivity index (χ0n) is 15.3. The third-order valence-corrected chi connectivity index (χ3v) is 3.73. The van der Waals surface area contributed by atoms with Crippen molar-refractivity contribution in [3.63, 3.8) is 0 Å². The number of hydrogen-bond acceptors (Lipinski definition) is 3. The number of carboxylic acids is 1. The van der Waals surface area contributed by atoms with Crippen LogP contribution < -0.4 is 0 Å². The van der Waals surface area contributed by atoms with Crippen molar-refractivity contribution in [2.24, 2.45) is 0 Å². The van der Waals surface area contributed by atoms with E-state index in [1.54, 1.807) is 0 Å². The Morgan fingerprint density at radius 1 is 1.00 bits per heavy atom. The number of nitrogens with zero attached hydrogens (tertiary/aromatic N) is 1. The third-order valence-electron chi connectivity index (χ3n) is 3.73. The Kier molecular flexibility index (Phi) is 32.0. The van der Waals surface area contributed by atoms with Crippen LogP contribution in [0.2, 0.25) is 0 Å². The molecule has 0 aliphatic rings. The summed E-state index contributed by atoms with van der Waals surface area (Å²) in [6.07, 6.45) is 17.4.